The lowest BCUT2D eigenvalue weighted by Crippen LogP contribution is -2.18. The van der Waals surface area contributed by atoms with E-state index in [0.717, 1.165) is 6.07 Å². The van der Waals surface area contributed by atoms with Crippen molar-refractivity contribution in [2.75, 3.05) is 19.0 Å². The van der Waals surface area contributed by atoms with E-state index < -0.39 is 9.85 Å². The van der Waals surface area contributed by atoms with Crippen LogP contribution >= 0.6 is 0 Å². The molecule has 0 amide bonds. The Bertz CT molecular complexity index is 463. The highest BCUT2D eigenvalue weighted by Crippen LogP contribution is 2.28. The number of benzene rings is 1. The SMILES string of the molecule is COC(C)CNc1ccc([N+](=O)[O-])cc1[N+](=O)[O-]. The number of anilines is 1. The van der Waals surface area contributed by atoms with Gasteiger partial charge in [0.25, 0.3) is 11.4 Å². The molecule has 0 spiro atoms. The average Bonchev–Trinajstić information content (AvgIpc) is 2.35. The minimum absolute atomic E-state index is 0.125. The van der Waals surface area contributed by atoms with Crippen molar-refractivity contribution in [1.29, 1.82) is 0 Å². The Hall–Kier alpha value is -2.22. The van der Waals surface area contributed by atoms with Crippen molar-refractivity contribution in [3.63, 3.8) is 0 Å². The first-order valence-electron chi connectivity index (χ1n) is 5.15. The minimum Gasteiger partial charge on any atom is -0.380 e. The smallest absolute Gasteiger partial charge is 0.299 e. The largest absolute Gasteiger partial charge is 0.380 e. The fourth-order valence-electron chi connectivity index (χ4n) is 1.27. The number of non-ortho nitro benzene ring substituents is 1. The number of hydrogen-bond acceptors (Lipinski definition) is 6. The molecule has 0 aliphatic rings. The highest BCUT2D eigenvalue weighted by atomic mass is 16.6. The van der Waals surface area contributed by atoms with Gasteiger partial charge in [0.2, 0.25) is 0 Å². The lowest BCUT2D eigenvalue weighted by Gasteiger charge is -2.11. The highest BCUT2D eigenvalue weighted by Gasteiger charge is 2.19. The maximum Gasteiger partial charge on any atom is 0.299 e. The molecule has 0 radical (unpaired) electrons. The Morgan fingerprint density at radius 2 is 2.00 bits per heavy atom. The summed E-state index contributed by atoms with van der Waals surface area (Å²) < 4.78 is 4.99. The maximum absolute atomic E-state index is 10.8. The fraction of sp³-hybridized carbons (Fsp3) is 0.400. The van der Waals surface area contributed by atoms with Crippen LogP contribution in [-0.4, -0.2) is 29.6 Å². The van der Waals surface area contributed by atoms with E-state index in [1.54, 1.807) is 6.92 Å². The first-order chi connectivity index (χ1) is 8.45. The normalized spacial score (nSPS) is 11.9. The standard InChI is InChI=1S/C10H13N3O5/c1-7(18-2)6-11-9-4-3-8(12(14)15)5-10(9)13(16)17/h3-5,7,11H,6H2,1-2H3. The molecule has 8 heteroatoms. The minimum atomic E-state index is -0.672. The molecule has 0 saturated carbocycles. The van der Waals surface area contributed by atoms with Gasteiger partial charge in [0.1, 0.15) is 5.69 Å². The average molecular weight is 255 g/mol. The molecule has 98 valence electrons. The van der Waals surface area contributed by atoms with Gasteiger partial charge in [-0.05, 0) is 13.0 Å². The van der Waals surface area contributed by atoms with Gasteiger partial charge in [0, 0.05) is 19.7 Å². The molecular formula is C10H13N3O5. The van der Waals surface area contributed by atoms with Crippen LogP contribution in [0.5, 0.6) is 0 Å². The Labute approximate surface area is 103 Å². The van der Waals surface area contributed by atoms with Crippen LogP contribution in [-0.2, 0) is 4.74 Å². The van der Waals surface area contributed by atoms with Gasteiger partial charge in [-0.2, -0.15) is 0 Å². The number of hydrogen-bond donors (Lipinski definition) is 1. The quantitative estimate of drug-likeness (QED) is 0.614. The number of ether oxygens (including phenoxy) is 1. The first-order valence-corrected chi connectivity index (χ1v) is 5.15. The van der Waals surface area contributed by atoms with Gasteiger partial charge in [0.15, 0.2) is 0 Å². The molecule has 0 bridgehead atoms. The molecule has 1 aromatic rings. The van der Waals surface area contributed by atoms with Crippen LogP contribution in [0.1, 0.15) is 6.92 Å². The van der Waals surface area contributed by atoms with E-state index >= 15 is 0 Å². The Balaban J connectivity index is 2.97. The zero-order valence-corrected chi connectivity index (χ0v) is 9.95. The number of nitrogens with zero attached hydrogens (tertiary/aromatic N) is 2. The second-order valence-corrected chi connectivity index (χ2v) is 3.64. The molecule has 0 aliphatic carbocycles. The van der Waals surface area contributed by atoms with Crippen molar-refractivity contribution in [1.82, 2.24) is 0 Å². The third kappa shape index (κ3) is 3.39. The van der Waals surface area contributed by atoms with Gasteiger partial charge in [-0.1, -0.05) is 0 Å². The summed E-state index contributed by atoms with van der Waals surface area (Å²) in [4.78, 5) is 20.0. The number of nitrogens with one attached hydrogen (secondary N) is 1. The fourth-order valence-corrected chi connectivity index (χ4v) is 1.27. The summed E-state index contributed by atoms with van der Waals surface area (Å²) in [6.45, 7) is 2.17. The second-order valence-electron chi connectivity index (χ2n) is 3.64. The Morgan fingerprint density at radius 3 is 2.50 bits per heavy atom. The van der Waals surface area contributed by atoms with Gasteiger partial charge < -0.3 is 10.1 Å². The van der Waals surface area contributed by atoms with Crippen molar-refractivity contribution in [3.8, 4) is 0 Å². The van der Waals surface area contributed by atoms with Gasteiger partial charge >= 0.3 is 0 Å². The first kappa shape index (κ1) is 13.8. The van der Waals surface area contributed by atoms with Crippen LogP contribution in [0.2, 0.25) is 0 Å². The molecule has 1 unspecified atom stereocenters. The van der Waals surface area contributed by atoms with Gasteiger partial charge in [-0.3, -0.25) is 20.2 Å². The predicted octanol–water partition coefficient (Wildman–Crippen LogP) is 1.95. The molecule has 0 aromatic heterocycles. The second kappa shape index (κ2) is 5.92. The summed E-state index contributed by atoms with van der Waals surface area (Å²) in [5.41, 5.74) is -0.408. The summed E-state index contributed by atoms with van der Waals surface area (Å²) in [5, 5.41) is 24.2. The van der Waals surface area contributed by atoms with Crippen molar-refractivity contribution < 1.29 is 14.6 Å². The molecule has 1 N–H and O–H groups in total. The molecule has 0 saturated heterocycles. The van der Waals surface area contributed by atoms with E-state index in [1.165, 1.54) is 19.2 Å². The molecule has 1 aromatic carbocycles. The number of methoxy groups -OCH3 is 1. The zero-order chi connectivity index (χ0) is 13.7. The number of nitro benzene ring substituents is 2. The lowest BCUT2D eigenvalue weighted by atomic mass is 10.2. The van der Waals surface area contributed by atoms with E-state index in [9.17, 15) is 20.2 Å². The van der Waals surface area contributed by atoms with Crippen molar-refractivity contribution in [2.24, 2.45) is 0 Å². The Kier molecular flexibility index (Phi) is 4.55. The number of rotatable bonds is 6. The van der Waals surface area contributed by atoms with Crippen LogP contribution < -0.4 is 5.32 Å². The lowest BCUT2D eigenvalue weighted by molar-refractivity contribution is -0.393. The van der Waals surface area contributed by atoms with E-state index in [0.29, 0.717) is 6.54 Å². The van der Waals surface area contributed by atoms with E-state index in [4.69, 9.17) is 4.74 Å². The topological polar surface area (TPSA) is 108 Å². The van der Waals surface area contributed by atoms with Gasteiger partial charge in [-0.25, -0.2) is 0 Å². The van der Waals surface area contributed by atoms with Crippen molar-refractivity contribution >= 4 is 17.1 Å². The molecule has 1 atom stereocenters. The summed E-state index contributed by atoms with van der Waals surface area (Å²) in [6.07, 6.45) is -0.125. The van der Waals surface area contributed by atoms with E-state index in [2.05, 4.69) is 5.32 Å². The summed E-state index contributed by atoms with van der Waals surface area (Å²) in [5.74, 6) is 0. The van der Waals surface area contributed by atoms with Crippen LogP contribution in [0.15, 0.2) is 18.2 Å². The summed E-state index contributed by atoms with van der Waals surface area (Å²) in [6, 6.07) is 3.46. The highest BCUT2D eigenvalue weighted by molar-refractivity contribution is 5.65. The maximum atomic E-state index is 10.8. The predicted molar refractivity (Wildman–Crippen MR) is 64.7 cm³/mol. The van der Waals surface area contributed by atoms with Crippen LogP contribution in [0.25, 0.3) is 0 Å². The summed E-state index contributed by atoms with van der Waals surface area (Å²) >= 11 is 0. The van der Waals surface area contributed by atoms with Crippen molar-refractivity contribution in [2.45, 2.75) is 13.0 Å². The monoisotopic (exact) mass is 255 g/mol. The number of nitro groups is 2. The third-order valence-electron chi connectivity index (χ3n) is 2.37. The van der Waals surface area contributed by atoms with Gasteiger partial charge in [-0.15, -0.1) is 0 Å². The molecule has 0 aliphatic heterocycles. The summed E-state index contributed by atoms with van der Waals surface area (Å²) in [7, 11) is 1.52. The zero-order valence-electron chi connectivity index (χ0n) is 9.95. The molecule has 0 heterocycles. The van der Waals surface area contributed by atoms with Crippen LogP contribution in [0.3, 0.4) is 0 Å². The Morgan fingerprint density at radius 1 is 1.33 bits per heavy atom. The molecule has 1 rings (SSSR count). The van der Waals surface area contributed by atoms with E-state index in [-0.39, 0.29) is 23.2 Å². The van der Waals surface area contributed by atoms with E-state index in [1.807, 2.05) is 0 Å². The molecule has 8 nitrogen and oxygen atoms in total. The molecular weight excluding hydrogens is 242 g/mol. The molecule has 0 fully saturated rings. The van der Waals surface area contributed by atoms with Crippen LogP contribution in [0.4, 0.5) is 17.1 Å². The van der Waals surface area contributed by atoms with Crippen molar-refractivity contribution in [3.05, 3.63) is 38.4 Å². The van der Waals surface area contributed by atoms with Gasteiger partial charge in [0.05, 0.1) is 22.0 Å². The third-order valence-corrected chi connectivity index (χ3v) is 2.37. The van der Waals surface area contributed by atoms with Crippen LogP contribution in [0, 0.1) is 20.2 Å². The molecule has 18 heavy (non-hydrogen) atoms.